The SMILES string of the molecule is CC(C)(C)OC(=O)N[C@H]1[C@@H]2CCCC[C@@H]21. The predicted molar refractivity (Wildman–Crippen MR) is 58.6 cm³/mol. The number of ether oxygens (including phenoxy) is 1. The van der Waals surface area contributed by atoms with Crippen LogP contribution in [0.4, 0.5) is 4.79 Å². The Bertz CT molecular complexity index is 245. The van der Waals surface area contributed by atoms with Gasteiger partial charge in [0.05, 0.1) is 0 Å². The molecule has 0 aromatic carbocycles. The van der Waals surface area contributed by atoms with Crippen molar-refractivity contribution in [3.63, 3.8) is 0 Å². The Morgan fingerprint density at radius 3 is 2.20 bits per heavy atom. The molecule has 2 aliphatic carbocycles. The minimum absolute atomic E-state index is 0.248. The number of carbonyl (C=O) groups excluding carboxylic acids is 1. The molecule has 0 radical (unpaired) electrons. The van der Waals surface area contributed by atoms with Gasteiger partial charge in [-0.1, -0.05) is 12.8 Å². The Morgan fingerprint density at radius 2 is 1.73 bits per heavy atom. The Balaban J connectivity index is 1.76. The van der Waals surface area contributed by atoms with E-state index in [-0.39, 0.29) is 11.7 Å². The van der Waals surface area contributed by atoms with E-state index in [1.54, 1.807) is 0 Å². The van der Waals surface area contributed by atoms with E-state index in [0.717, 1.165) is 11.8 Å². The number of fused-ring (bicyclic) bond motifs is 1. The number of rotatable bonds is 1. The maximum absolute atomic E-state index is 11.5. The van der Waals surface area contributed by atoms with Crippen molar-refractivity contribution in [2.75, 3.05) is 0 Å². The Kier molecular flexibility index (Phi) is 2.65. The number of alkyl carbamates (subject to hydrolysis) is 1. The maximum atomic E-state index is 11.5. The quantitative estimate of drug-likeness (QED) is 0.724. The van der Waals surface area contributed by atoms with Gasteiger partial charge in [-0.2, -0.15) is 0 Å². The van der Waals surface area contributed by atoms with Gasteiger partial charge in [-0.25, -0.2) is 4.79 Å². The van der Waals surface area contributed by atoms with Gasteiger partial charge in [-0.15, -0.1) is 0 Å². The highest BCUT2D eigenvalue weighted by molar-refractivity contribution is 5.68. The van der Waals surface area contributed by atoms with Crippen LogP contribution in [-0.2, 0) is 4.74 Å². The first kappa shape index (κ1) is 10.8. The predicted octanol–water partition coefficient (Wildman–Crippen LogP) is 2.70. The molecule has 0 saturated heterocycles. The molecule has 3 heteroatoms. The summed E-state index contributed by atoms with van der Waals surface area (Å²) in [4.78, 5) is 11.5. The Labute approximate surface area is 91.6 Å². The van der Waals surface area contributed by atoms with Gasteiger partial charge >= 0.3 is 6.09 Å². The molecule has 0 aromatic rings. The molecule has 2 saturated carbocycles. The lowest BCUT2D eigenvalue weighted by Crippen LogP contribution is -2.34. The van der Waals surface area contributed by atoms with Crippen LogP contribution in [-0.4, -0.2) is 17.7 Å². The normalized spacial score (nSPS) is 34.2. The second kappa shape index (κ2) is 3.69. The van der Waals surface area contributed by atoms with Gasteiger partial charge in [0.1, 0.15) is 5.60 Å². The van der Waals surface area contributed by atoms with E-state index in [1.165, 1.54) is 25.7 Å². The lowest BCUT2D eigenvalue weighted by atomic mass is 10.0. The van der Waals surface area contributed by atoms with Crippen LogP contribution in [0.1, 0.15) is 46.5 Å². The molecule has 1 N–H and O–H groups in total. The molecule has 0 aliphatic heterocycles. The molecular weight excluding hydrogens is 190 g/mol. The number of carbonyl (C=O) groups is 1. The van der Waals surface area contributed by atoms with Crippen molar-refractivity contribution < 1.29 is 9.53 Å². The topological polar surface area (TPSA) is 38.3 Å². The molecule has 0 aromatic heterocycles. The summed E-state index contributed by atoms with van der Waals surface area (Å²) in [5.74, 6) is 1.48. The molecular formula is C12H21NO2. The van der Waals surface area contributed by atoms with Crippen LogP contribution in [0.15, 0.2) is 0 Å². The highest BCUT2D eigenvalue weighted by atomic mass is 16.6. The minimum atomic E-state index is -0.385. The van der Waals surface area contributed by atoms with Gasteiger partial charge < -0.3 is 10.1 Å². The minimum Gasteiger partial charge on any atom is -0.444 e. The van der Waals surface area contributed by atoms with Crippen molar-refractivity contribution in [3.05, 3.63) is 0 Å². The van der Waals surface area contributed by atoms with Crippen LogP contribution < -0.4 is 5.32 Å². The van der Waals surface area contributed by atoms with Crippen LogP contribution in [0.5, 0.6) is 0 Å². The molecule has 15 heavy (non-hydrogen) atoms. The molecule has 0 heterocycles. The van der Waals surface area contributed by atoms with E-state index < -0.39 is 0 Å². The summed E-state index contributed by atoms with van der Waals surface area (Å²) >= 11 is 0. The van der Waals surface area contributed by atoms with Crippen LogP contribution in [0.3, 0.4) is 0 Å². The lowest BCUT2D eigenvalue weighted by molar-refractivity contribution is 0.0519. The van der Waals surface area contributed by atoms with Gasteiger partial charge in [0, 0.05) is 6.04 Å². The van der Waals surface area contributed by atoms with E-state index in [9.17, 15) is 4.79 Å². The van der Waals surface area contributed by atoms with Crippen molar-refractivity contribution in [2.24, 2.45) is 11.8 Å². The van der Waals surface area contributed by atoms with Gasteiger partial charge in [-0.05, 0) is 45.4 Å². The van der Waals surface area contributed by atoms with Crippen LogP contribution in [0, 0.1) is 11.8 Å². The summed E-state index contributed by atoms with van der Waals surface area (Å²) in [6.07, 6.45) is 4.97. The molecule has 86 valence electrons. The Morgan fingerprint density at radius 1 is 1.20 bits per heavy atom. The molecule has 2 rings (SSSR count). The molecule has 0 unspecified atom stereocenters. The number of amides is 1. The molecule has 0 bridgehead atoms. The van der Waals surface area contributed by atoms with Gasteiger partial charge in [0.15, 0.2) is 0 Å². The Hall–Kier alpha value is -0.730. The zero-order valence-corrected chi connectivity index (χ0v) is 9.88. The summed E-state index contributed by atoms with van der Waals surface area (Å²) in [5, 5.41) is 2.99. The monoisotopic (exact) mass is 211 g/mol. The lowest BCUT2D eigenvalue weighted by Gasteiger charge is -2.19. The third-order valence-electron chi connectivity index (χ3n) is 3.34. The standard InChI is InChI=1S/C12H21NO2/c1-12(2,3)15-11(14)13-10-8-6-4-5-7-9(8)10/h8-10H,4-7H2,1-3H3,(H,13,14)/t8-,9+,10+. The third-order valence-corrected chi connectivity index (χ3v) is 3.34. The van der Waals surface area contributed by atoms with Crippen molar-refractivity contribution in [1.82, 2.24) is 5.32 Å². The molecule has 3 nitrogen and oxygen atoms in total. The average Bonchev–Trinajstić information content (AvgIpc) is 2.76. The molecule has 2 fully saturated rings. The molecule has 0 spiro atoms. The van der Waals surface area contributed by atoms with Crippen molar-refractivity contribution in [1.29, 1.82) is 0 Å². The number of hydrogen-bond donors (Lipinski definition) is 1. The molecule has 2 aliphatic rings. The highest BCUT2D eigenvalue weighted by Crippen LogP contribution is 2.49. The van der Waals surface area contributed by atoms with E-state index in [2.05, 4.69) is 5.32 Å². The summed E-state index contributed by atoms with van der Waals surface area (Å²) in [7, 11) is 0. The number of hydrogen-bond acceptors (Lipinski definition) is 2. The number of nitrogens with one attached hydrogen (secondary N) is 1. The van der Waals surface area contributed by atoms with Gasteiger partial charge in [0.2, 0.25) is 0 Å². The summed E-state index contributed by atoms with van der Waals surface area (Å²) < 4.78 is 5.24. The second-order valence-corrected chi connectivity index (χ2v) is 5.78. The van der Waals surface area contributed by atoms with Crippen LogP contribution in [0.25, 0.3) is 0 Å². The fraction of sp³-hybridized carbons (Fsp3) is 0.917. The van der Waals surface area contributed by atoms with Crippen molar-refractivity contribution in [3.8, 4) is 0 Å². The van der Waals surface area contributed by atoms with Crippen LogP contribution >= 0.6 is 0 Å². The summed E-state index contributed by atoms with van der Waals surface area (Å²) in [6.45, 7) is 5.69. The van der Waals surface area contributed by atoms with Crippen LogP contribution in [0.2, 0.25) is 0 Å². The van der Waals surface area contributed by atoms with Crippen molar-refractivity contribution >= 4 is 6.09 Å². The first-order valence-corrected chi connectivity index (χ1v) is 5.97. The smallest absolute Gasteiger partial charge is 0.407 e. The summed E-state index contributed by atoms with van der Waals surface area (Å²) in [6, 6.07) is 0.405. The second-order valence-electron chi connectivity index (χ2n) is 5.78. The van der Waals surface area contributed by atoms with E-state index in [4.69, 9.17) is 4.74 Å². The van der Waals surface area contributed by atoms with Crippen molar-refractivity contribution in [2.45, 2.75) is 58.1 Å². The van der Waals surface area contributed by atoms with Gasteiger partial charge in [0.25, 0.3) is 0 Å². The summed E-state index contributed by atoms with van der Waals surface area (Å²) in [5.41, 5.74) is -0.385. The van der Waals surface area contributed by atoms with E-state index >= 15 is 0 Å². The first-order valence-electron chi connectivity index (χ1n) is 5.97. The molecule has 3 atom stereocenters. The maximum Gasteiger partial charge on any atom is 0.407 e. The van der Waals surface area contributed by atoms with E-state index in [0.29, 0.717) is 6.04 Å². The largest absolute Gasteiger partial charge is 0.444 e. The first-order chi connectivity index (χ1) is 6.97. The highest BCUT2D eigenvalue weighted by Gasteiger charge is 2.51. The zero-order valence-electron chi connectivity index (χ0n) is 9.88. The van der Waals surface area contributed by atoms with Gasteiger partial charge in [-0.3, -0.25) is 0 Å². The molecule has 1 amide bonds. The average molecular weight is 211 g/mol. The van der Waals surface area contributed by atoms with E-state index in [1.807, 2.05) is 20.8 Å². The fourth-order valence-electron chi connectivity index (χ4n) is 2.65. The fourth-order valence-corrected chi connectivity index (χ4v) is 2.65. The third kappa shape index (κ3) is 2.64. The zero-order chi connectivity index (χ0) is 11.1.